The average molecular weight is 391 g/mol. The molecule has 2 unspecified atom stereocenters. The highest BCUT2D eigenvalue weighted by Crippen LogP contribution is 2.28. The monoisotopic (exact) mass is 391 g/mol. The Hall–Kier alpha value is -0.790. The molecular formula is C14H26IN5. The molecule has 0 radical (unpaired) electrons. The SMILES string of the molecule is CN=C(NCCCn1nc(C)cc1C)NC1CC1C.I. The van der Waals surface area contributed by atoms with E-state index in [1.54, 1.807) is 0 Å². The number of nitrogens with zero attached hydrogens (tertiary/aromatic N) is 3. The topological polar surface area (TPSA) is 54.2 Å². The first-order valence-electron chi connectivity index (χ1n) is 7.08. The summed E-state index contributed by atoms with van der Waals surface area (Å²) in [6.45, 7) is 8.25. The van der Waals surface area contributed by atoms with Crippen molar-refractivity contribution < 1.29 is 0 Å². The lowest BCUT2D eigenvalue weighted by atomic mass is 10.4. The minimum atomic E-state index is 0. The van der Waals surface area contributed by atoms with E-state index in [0.717, 1.165) is 37.1 Å². The summed E-state index contributed by atoms with van der Waals surface area (Å²) >= 11 is 0. The molecule has 20 heavy (non-hydrogen) atoms. The fraction of sp³-hybridized carbons (Fsp3) is 0.714. The zero-order valence-corrected chi connectivity index (χ0v) is 15.1. The lowest BCUT2D eigenvalue weighted by Crippen LogP contribution is -2.39. The van der Waals surface area contributed by atoms with Gasteiger partial charge in [-0.25, -0.2) is 0 Å². The number of aromatic nitrogens is 2. The van der Waals surface area contributed by atoms with Gasteiger partial charge in [-0.05, 0) is 38.7 Å². The largest absolute Gasteiger partial charge is 0.356 e. The molecule has 6 heteroatoms. The van der Waals surface area contributed by atoms with Crippen LogP contribution in [0.5, 0.6) is 0 Å². The molecule has 114 valence electrons. The number of aliphatic imine (C=N–C) groups is 1. The maximum Gasteiger partial charge on any atom is 0.191 e. The maximum atomic E-state index is 4.46. The van der Waals surface area contributed by atoms with Crippen molar-refractivity contribution in [2.24, 2.45) is 10.9 Å². The molecule has 1 heterocycles. The summed E-state index contributed by atoms with van der Waals surface area (Å²) < 4.78 is 2.07. The number of halogens is 1. The Morgan fingerprint density at radius 1 is 1.50 bits per heavy atom. The van der Waals surface area contributed by atoms with E-state index in [9.17, 15) is 0 Å². The number of hydrogen-bond donors (Lipinski definition) is 2. The van der Waals surface area contributed by atoms with Gasteiger partial charge >= 0.3 is 0 Å². The Bertz CT molecular complexity index is 454. The summed E-state index contributed by atoms with van der Waals surface area (Å²) in [6.07, 6.45) is 2.30. The first kappa shape index (κ1) is 17.3. The van der Waals surface area contributed by atoms with Gasteiger partial charge < -0.3 is 10.6 Å². The zero-order valence-electron chi connectivity index (χ0n) is 12.8. The Morgan fingerprint density at radius 2 is 2.20 bits per heavy atom. The molecule has 1 aliphatic carbocycles. The molecule has 1 fully saturated rings. The van der Waals surface area contributed by atoms with Crippen molar-refractivity contribution in [1.29, 1.82) is 0 Å². The van der Waals surface area contributed by atoms with E-state index in [1.807, 2.05) is 14.0 Å². The Morgan fingerprint density at radius 3 is 2.70 bits per heavy atom. The smallest absolute Gasteiger partial charge is 0.191 e. The molecule has 2 atom stereocenters. The van der Waals surface area contributed by atoms with Gasteiger partial charge in [0.15, 0.2) is 5.96 Å². The first-order chi connectivity index (χ1) is 9.10. The number of rotatable bonds is 5. The minimum absolute atomic E-state index is 0. The summed E-state index contributed by atoms with van der Waals surface area (Å²) in [5.41, 5.74) is 2.32. The first-order valence-corrected chi connectivity index (χ1v) is 7.08. The molecular weight excluding hydrogens is 365 g/mol. The molecule has 1 aromatic rings. The summed E-state index contributed by atoms with van der Waals surface area (Å²) in [5.74, 6) is 1.70. The Kier molecular flexibility index (Phi) is 6.78. The van der Waals surface area contributed by atoms with E-state index in [4.69, 9.17) is 0 Å². The molecule has 0 aliphatic heterocycles. The highest BCUT2D eigenvalue weighted by atomic mass is 127. The fourth-order valence-corrected chi connectivity index (χ4v) is 2.23. The van der Waals surface area contributed by atoms with E-state index >= 15 is 0 Å². The van der Waals surface area contributed by atoms with Gasteiger partial charge in [0.2, 0.25) is 0 Å². The van der Waals surface area contributed by atoms with Crippen molar-refractivity contribution in [1.82, 2.24) is 20.4 Å². The highest BCUT2D eigenvalue weighted by molar-refractivity contribution is 14.0. The van der Waals surface area contributed by atoms with Crippen LogP contribution in [0.4, 0.5) is 0 Å². The molecule has 2 N–H and O–H groups in total. The molecule has 0 amide bonds. The standard InChI is InChI=1S/C14H25N5.HI/c1-10-8-13(10)17-14(15-4)16-6-5-7-19-12(3)9-11(2)18-19;/h9-10,13H,5-8H2,1-4H3,(H2,15,16,17);1H. The lowest BCUT2D eigenvalue weighted by Gasteiger charge is -2.11. The van der Waals surface area contributed by atoms with E-state index in [1.165, 1.54) is 12.1 Å². The van der Waals surface area contributed by atoms with Crippen LogP contribution in [0.1, 0.15) is 31.2 Å². The predicted octanol–water partition coefficient (Wildman–Crippen LogP) is 2.08. The number of guanidine groups is 1. The van der Waals surface area contributed by atoms with Crippen molar-refractivity contribution in [3.63, 3.8) is 0 Å². The van der Waals surface area contributed by atoms with Crippen molar-refractivity contribution in [3.05, 3.63) is 17.5 Å². The maximum absolute atomic E-state index is 4.46. The van der Waals surface area contributed by atoms with Crippen LogP contribution in [-0.4, -0.2) is 35.4 Å². The molecule has 1 saturated carbocycles. The second-order valence-corrected chi connectivity index (χ2v) is 5.47. The van der Waals surface area contributed by atoms with E-state index in [-0.39, 0.29) is 24.0 Å². The van der Waals surface area contributed by atoms with Crippen molar-refractivity contribution in [2.45, 2.75) is 46.2 Å². The van der Waals surface area contributed by atoms with Crippen molar-refractivity contribution >= 4 is 29.9 Å². The second-order valence-electron chi connectivity index (χ2n) is 5.47. The van der Waals surface area contributed by atoms with Crippen LogP contribution in [0.15, 0.2) is 11.1 Å². The predicted molar refractivity (Wildman–Crippen MR) is 93.8 cm³/mol. The highest BCUT2D eigenvalue weighted by Gasteiger charge is 2.33. The van der Waals surface area contributed by atoms with Crippen LogP contribution in [0.25, 0.3) is 0 Å². The van der Waals surface area contributed by atoms with Gasteiger partial charge in [0.1, 0.15) is 0 Å². The van der Waals surface area contributed by atoms with Crippen LogP contribution in [0.3, 0.4) is 0 Å². The third-order valence-electron chi connectivity index (χ3n) is 3.60. The average Bonchev–Trinajstić information content (AvgIpc) is 2.96. The van der Waals surface area contributed by atoms with Gasteiger partial charge in [0.05, 0.1) is 5.69 Å². The summed E-state index contributed by atoms with van der Waals surface area (Å²) in [6, 6.07) is 2.73. The number of aryl methyl sites for hydroxylation is 3. The summed E-state index contributed by atoms with van der Waals surface area (Å²) in [4.78, 5) is 4.24. The van der Waals surface area contributed by atoms with E-state index in [0.29, 0.717) is 6.04 Å². The zero-order chi connectivity index (χ0) is 13.8. The molecule has 0 saturated heterocycles. The van der Waals surface area contributed by atoms with E-state index < -0.39 is 0 Å². The van der Waals surface area contributed by atoms with Gasteiger partial charge in [0.25, 0.3) is 0 Å². The Balaban J connectivity index is 0.00000200. The van der Waals surface area contributed by atoms with E-state index in [2.05, 4.69) is 45.3 Å². The van der Waals surface area contributed by atoms with Crippen molar-refractivity contribution in [2.75, 3.05) is 13.6 Å². The van der Waals surface area contributed by atoms with Crippen LogP contribution in [0.2, 0.25) is 0 Å². The lowest BCUT2D eigenvalue weighted by molar-refractivity contribution is 0.555. The Labute approximate surface area is 138 Å². The third-order valence-corrected chi connectivity index (χ3v) is 3.60. The molecule has 2 rings (SSSR count). The number of hydrogen-bond acceptors (Lipinski definition) is 2. The summed E-state index contributed by atoms with van der Waals surface area (Å²) in [7, 11) is 1.82. The van der Waals surface area contributed by atoms with Gasteiger partial charge in [-0.15, -0.1) is 24.0 Å². The fourth-order valence-electron chi connectivity index (χ4n) is 2.23. The molecule has 0 aromatic carbocycles. The van der Waals surface area contributed by atoms with Crippen LogP contribution in [-0.2, 0) is 6.54 Å². The normalized spacial score (nSPS) is 21.3. The van der Waals surface area contributed by atoms with Gasteiger partial charge in [-0.1, -0.05) is 6.92 Å². The molecule has 0 bridgehead atoms. The second kappa shape index (κ2) is 7.85. The van der Waals surface area contributed by atoms with Crippen LogP contribution < -0.4 is 10.6 Å². The molecule has 5 nitrogen and oxygen atoms in total. The van der Waals surface area contributed by atoms with Crippen LogP contribution >= 0.6 is 24.0 Å². The molecule has 1 aliphatic rings. The molecule has 0 spiro atoms. The number of nitrogens with one attached hydrogen (secondary N) is 2. The van der Waals surface area contributed by atoms with Crippen molar-refractivity contribution in [3.8, 4) is 0 Å². The summed E-state index contributed by atoms with van der Waals surface area (Å²) in [5, 5.41) is 11.2. The minimum Gasteiger partial charge on any atom is -0.356 e. The molecule has 1 aromatic heterocycles. The van der Waals surface area contributed by atoms with Crippen LogP contribution in [0, 0.1) is 19.8 Å². The van der Waals surface area contributed by atoms with Gasteiger partial charge in [-0.3, -0.25) is 9.67 Å². The van der Waals surface area contributed by atoms with Gasteiger partial charge in [-0.2, -0.15) is 5.10 Å². The van der Waals surface area contributed by atoms with Gasteiger partial charge in [0, 0.05) is 31.9 Å². The quantitative estimate of drug-likeness (QED) is 0.350. The third kappa shape index (κ3) is 4.96.